The molecule has 0 unspecified atom stereocenters. The van der Waals surface area contributed by atoms with Gasteiger partial charge in [-0.3, -0.25) is 4.79 Å². The Hall–Kier alpha value is -1.85. The molecular weight excluding hydrogens is 505 g/mol. The number of pyridine rings is 1. The number of nitrogens with zero attached hydrogens (tertiary/aromatic N) is 3. The SMILES string of the molecule is NCc1ccnc(S(=O)(=O)C[C@H]2C[C@H](C(F)(F)F)CN(S(=O)(=O)N3CCOCC3)C2)c1.O=CO. The largest absolute Gasteiger partial charge is 0.483 e. The van der Waals surface area contributed by atoms with Crippen LogP contribution in [-0.2, 0) is 36.1 Å². The minimum atomic E-state index is -4.65. The third kappa shape index (κ3) is 7.32. The van der Waals surface area contributed by atoms with Crippen LogP contribution in [0, 0.1) is 11.8 Å². The molecule has 0 aromatic carbocycles. The normalized spacial score (nSPS) is 23.1. The lowest BCUT2D eigenvalue weighted by atomic mass is 9.91. The Bertz CT molecular complexity index is 1030. The van der Waals surface area contributed by atoms with Crippen LogP contribution in [0.15, 0.2) is 23.4 Å². The Kier molecular flexibility index (Phi) is 9.79. The number of ether oxygens (including phenoxy) is 1. The zero-order chi connectivity index (χ0) is 25.6. The van der Waals surface area contributed by atoms with Crippen LogP contribution in [0.5, 0.6) is 0 Å². The molecule has 2 saturated heterocycles. The van der Waals surface area contributed by atoms with E-state index in [4.69, 9.17) is 20.4 Å². The van der Waals surface area contributed by atoms with Crippen molar-refractivity contribution in [3.05, 3.63) is 23.9 Å². The smallest absolute Gasteiger partial charge is 0.393 e. The van der Waals surface area contributed by atoms with Gasteiger partial charge in [-0.1, -0.05) is 0 Å². The van der Waals surface area contributed by atoms with Crippen molar-refractivity contribution < 1.29 is 44.6 Å². The first-order valence-electron chi connectivity index (χ1n) is 10.2. The summed E-state index contributed by atoms with van der Waals surface area (Å²) in [6.07, 6.45) is -3.86. The van der Waals surface area contributed by atoms with Crippen LogP contribution in [0.2, 0.25) is 0 Å². The molecule has 11 nitrogen and oxygen atoms in total. The molecule has 34 heavy (non-hydrogen) atoms. The van der Waals surface area contributed by atoms with Crippen molar-refractivity contribution >= 4 is 26.5 Å². The molecule has 2 fully saturated rings. The Labute approximate surface area is 195 Å². The molecule has 1 aromatic heterocycles. The molecule has 0 radical (unpaired) electrons. The number of aromatic nitrogens is 1. The molecule has 16 heteroatoms. The summed E-state index contributed by atoms with van der Waals surface area (Å²) in [6, 6.07) is 2.82. The number of nitrogens with two attached hydrogens (primary N) is 1. The van der Waals surface area contributed by atoms with Crippen molar-refractivity contribution in [2.24, 2.45) is 17.6 Å². The van der Waals surface area contributed by atoms with Gasteiger partial charge in [-0.05, 0) is 30.0 Å². The summed E-state index contributed by atoms with van der Waals surface area (Å²) in [5.74, 6) is -3.64. The Morgan fingerprint density at radius 3 is 2.35 bits per heavy atom. The maximum Gasteiger partial charge on any atom is 0.393 e. The summed E-state index contributed by atoms with van der Waals surface area (Å²) in [6.45, 7) is -0.852. The summed E-state index contributed by atoms with van der Waals surface area (Å²) in [7, 11) is -8.23. The standard InChI is InChI=1S/C17H25F3N4O5S2.CH2O2/c18-17(19,20)15-7-14(12-30(25,26)16-8-13(9-21)1-2-22-16)10-24(11-15)31(27,28)23-3-5-29-6-4-23;2-1-3/h1-2,8,14-15H,3-7,9-12,21H2;1H,(H,2,3)/t14-,15-;/m0./s1. The summed E-state index contributed by atoms with van der Waals surface area (Å²) < 4.78 is 99.0. The molecule has 2 aliphatic rings. The van der Waals surface area contributed by atoms with Crippen LogP contribution < -0.4 is 5.73 Å². The quantitative estimate of drug-likeness (QED) is 0.484. The average Bonchev–Trinajstić information content (AvgIpc) is 2.79. The van der Waals surface area contributed by atoms with E-state index in [9.17, 15) is 30.0 Å². The molecule has 0 bridgehead atoms. The lowest BCUT2D eigenvalue weighted by Gasteiger charge is -2.40. The summed E-state index contributed by atoms with van der Waals surface area (Å²) in [4.78, 5) is 12.2. The first kappa shape index (κ1) is 28.4. The van der Waals surface area contributed by atoms with Crippen LogP contribution in [0.3, 0.4) is 0 Å². The number of hydrogen-bond acceptors (Lipinski definition) is 8. The van der Waals surface area contributed by atoms with Crippen molar-refractivity contribution in [3.8, 4) is 0 Å². The maximum atomic E-state index is 13.5. The first-order valence-corrected chi connectivity index (χ1v) is 13.2. The Morgan fingerprint density at radius 2 is 1.79 bits per heavy atom. The number of carboxylic acid groups (broad SMARTS) is 1. The van der Waals surface area contributed by atoms with E-state index < -0.39 is 56.8 Å². The zero-order valence-corrected chi connectivity index (χ0v) is 19.7. The molecule has 3 N–H and O–H groups in total. The molecule has 1 aromatic rings. The van der Waals surface area contributed by atoms with Crippen molar-refractivity contribution in [2.45, 2.75) is 24.2 Å². The fourth-order valence-corrected chi connectivity index (χ4v) is 7.08. The van der Waals surface area contributed by atoms with Gasteiger partial charge in [0.15, 0.2) is 14.9 Å². The van der Waals surface area contributed by atoms with Gasteiger partial charge in [0.2, 0.25) is 0 Å². The van der Waals surface area contributed by atoms with E-state index >= 15 is 0 Å². The second-order valence-corrected chi connectivity index (χ2v) is 11.7. The Balaban J connectivity index is 0.00000129. The predicted molar refractivity (Wildman–Crippen MR) is 113 cm³/mol. The van der Waals surface area contributed by atoms with E-state index in [0.717, 1.165) is 8.61 Å². The summed E-state index contributed by atoms with van der Waals surface area (Å²) in [5, 5.41) is 6.60. The number of halogens is 3. The van der Waals surface area contributed by atoms with Gasteiger partial charge in [-0.15, -0.1) is 0 Å². The monoisotopic (exact) mass is 532 g/mol. The highest BCUT2D eigenvalue weighted by atomic mass is 32.2. The van der Waals surface area contributed by atoms with Gasteiger partial charge in [-0.2, -0.15) is 30.2 Å². The van der Waals surface area contributed by atoms with Crippen LogP contribution in [0.4, 0.5) is 13.2 Å². The fourth-order valence-electron chi connectivity index (χ4n) is 3.79. The van der Waals surface area contributed by atoms with E-state index in [2.05, 4.69) is 4.98 Å². The van der Waals surface area contributed by atoms with E-state index in [1.807, 2.05) is 0 Å². The van der Waals surface area contributed by atoms with Crippen LogP contribution in [0.1, 0.15) is 12.0 Å². The topological polar surface area (TPSA) is 160 Å². The van der Waals surface area contributed by atoms with E-state index in [1.54, 1.807) is 0 Å². The molecule has 0 saturated carbocycles. The molecule has 194 valence electrons. The summed E-state index contributed by atoms with van der Waals surface area (Å²) >= 11 is 0. The number of morpholine rings is 1. The van der Waals surface area contributed by atoms with Crippen molar-refractivity contribution in [1.29, 1.82) is 0 Å². The molecule has 0 aliphatic carbocycles. The Morgan fingerprint density at radius 1 is 1.18 bits per heavy atom. The molecule has 3 heterocycles. The van der Waals surface area contributed by atoms with Gasteiger partial charge in [-0.25, -0.2) is 13.4 Å². The second kappa shape index (κ2) is 11.7. The highest BCUT2D eigenvalue weighted by molar-refractivity contribution is 7.91. The number of rotatable bonds is 6. The molecule has 0 amide bonds. The van der Waals surface area contributed by atoms with Gasteiger partial charge in [0.1, 0.15) is 0 Å². The van der Waals surface area contributed by atoms with E-state index in [1.165, 1.54) is 18.3 Å². The molecule has 2 aliphatic heterocycles. The zero-order valence-electron chi connectivity index (χ0n) is 18.1. The van der Waals surface area contributed by atoms with Crippen LogP contribution in [0.25, 0.3) is 0 Å². The van der Waals surface area contributed by atoms with Gasteiger partial charge < -0.3 is 15.6 Å². The third-order valence-corrected chi connectivity index (χ3v) is 9.14. The number of piperidine rings is 1. The lowest BCUT2D eigenvalue weighted by molar-refractivity contribution is -0.186. The van der Waals surface area contributed by atoms with E-state index in [0.29, 0.717) is 5.56 Å². The van der Waals surface area contributed by atoms with Gasteiger partial charge in [0.25, 0.3) is 16.7 Å². The molecule has 0 spiro atoms. The molecule has 2 atom stereocenters. The lowest BCUT2D eigenvalue weighted by Crippen LogP contribution is -2.55. The second-order valence-electron chi connectivity index (χ2n) is 7.77. The van der Waals surface area contributed by atoms with Crippen molar-refractivity contribution in [2.75, 3.05) is 45.1 Å². The number of hydrogen-bond donors (Lipinski definition) is 2. The van der Waals surface area contributed by atoms with E-state index in [-0.39, 0.29) is 50.9 Å². The molecule has 3 rings (SSSR count). The van der Waals surface area contributed by atoms with Crippen molar-refractivity contribution in [3.63, 3.8) is 0 Å². The van der Waals surface area contributed by atoms with Crippen LogP contribution in [-0.4, -0.2) is 93.3 Å². The first-order chi connectivity index (χ1) is 15.8. The highest BCUT2D eigenvalue weighted by Gasteiger charge is 2.48. The third-order valence-electron chi connectivity index (χ3n) is 5.40. The van der Waals surface area contributed by atoms with Gasteiger partial charge in [0, 0.05) is 38.9 Å². The maximum absolute atomic E-state index is 13.5. The average molecular weight is 533 g/mol. The number of carbonyl (C=O) groups is 1. The van der Waals surface area contributed by atoms with Crippen molar-refractivity contribution in [1.82, 2.24) is 13.6 Å². The minimum Gasteiger partial charge on any atom is -0.483 e. The highest BCUT2D eigenvalue weighted by Crippen LogP contribution is 2.37. The van der Waals surface area contributed by atoms with Gasteiger partial charge in [0.05, 0.1) is 24.9 Å². The number of sulfone groups is 1. The molecular formula is C18H27F3N4O7S2. The fraction of sp³-hybridized carbons (Fsp3) is 0.667. The van der Waals surface area contributed by atoms with Gasteiger partial charge >= 0.3 is 6.18 Å². The number of alkyl halides is 3. The van der Waals surface area contributed by atoms with Crippen LogP contribution >= 0.6 is 0 Å². The predicted octanol–water partition coefficient (Wildman–Crippen LogP) is 0.0922. The minimum absolute atomic E-state index is 0.0360. The summed E-state index contributed by atoms with van der Waals surface area (Å²) in [5.41, 5.74) is 6.03.